The first-order chi connectivity index (χ1) is 20.5. The summed E-state index contributed by atoms with van der Waals surface area (Å²) in [6.45, 7) is 7.72. The summed E-state index contributed by atoms with van der Waals surface area (Å²) in [5.41, 5.74) is 1.73. The average Bonchev–Trinajstić information content (AvgIpc) is 3.40. The molecule has 0 spiro atoms. The Kier molecular flexibility index (Phi) is 10.5. The Morgan fingerprint density at radius 3 is 2.00 bits per heavy atom. The Bertz CT molecular complexity index is 1190. The molecule has 5 rings (SSSR count). The van der Waals surface area contributed by atoms with Gasteiger partial charge in [-0.2, -0.15) is 0 Å². The van der Waals surface area contributed by atoms with Crippen molar-refractivity contribution < 1.29 is 33.2 Å². The van der Waals surface area contributed by atoms with Crippen LogP contribution < -0.4 is 9.47 Å². The van der Waals surface area contributed by atoms with Gasteiger partial charge in [-0.25, -0.2) is 4.79 Å². The van der Waals surface area contributed by atoms with Gasteiger partial charge in [0.05, 0.1) is 27.4 Å². The number of carbonyl (C=O) groups excluding carboxylic acids is 1. The van der Waals surface area contributed by atoms with Crippen LogP contribution >= 0.6 is 11.8 Å². The lowest BCUT2D eigenvalue weighted by atomic mass is 9.97. The van der Waals surface area contributed by atoms with Crippen molar-refractivity contribution in [3.63, 3.8) is 0 Å². The third-order valence-corrected chi connectivity index (χ3v) is 9.01. The van der Waals surface area contributed by atoms with Gasteiger partial charge in [0.25, 0.3) is 0 Å². The zero-order valence-corrected chi connectivity index (χ0v) is 25.6. The predicted octanol–water partition coefficient (Wildman–Crippen LogP) is 4.55. The van der Waals surface area contributed by atoms with Gasteiger partial charge in [-0.1, -0.05) is 36.0 Å². The van der Waals surface area contributed by atoms with Crippen molar-refractivity contribution in [2.75, 3.05) is 47.0 Å². The fraction of sp³-hybridized carbons (Fsp3) is 0.548. The maximum absolute atomic E-state index is 12.8. The molecule has 42 heavy (non-hydrogen) atoms. The third kappa shape index (κ3) is 7.14. The standard InChI is InChI=1S/C31H41N3O7S/c1-5-33(6-2)31(35)40-20-25-27(38-18-21-8-12-23(36-3)13-9-21)28(39-19-22-10-14-24(37-4)15-11-22)26-29(41-25)42-30(32-26)34-16-7-17-34/h8-15,25-29H,5-7,16-20H2,1-4H3/t25-,26-,27-,28-,29-/m1/s1. The van der Waals surface area contributed by atoms with Crippen molar-refractivity contribution in [3.05, 3.63) is 59.7 Å². The third-order valence-electron chi connectivity index (χ3n) is 7.82. The van der Waals surface area contributed by atoms with Gasteiger partial charge in [0.2, 0.25) is 0 Å². The zero-order chi connectivity index (χ0) is 29.5. The van der Waals surface area contributed by atoms with E-state index in [9.17, 15) is 4.79 Å². The molecule has 2 fully saturated rings. The molecule has 3 aliphatic rings. The molecule has 5 atom stereocenters. The number of amidine groups is 1. The van der Waals surface area contributed by atoms with Gasteiger partial charge < -0.3 is 38.2 Å². The molecule has 0 N–H and O–H groups in total. The van der Waals surface area contributed by atoms with Crippen LogP contribution in [0.5, 0.6) is 11.5 Å². The van der Waals surface area contributed by atoms with Gasteiger partial charge in [0.1, 0.15) is 47.9 Å². The summed E-state index contributed by atoms with van der Waals surface area (Å²) < 4.78 is 36.2. The molecule has 2 saturated heterocycles. The smallest absolute Gasteiger partial charge is 0.409 e. The van der Waals surface area contributed by atoms with Crippen molar-refractivity contribution >= 4 is 23.0 Å². The SMILES string of the molecule is CCN(CC)C(=O)OC[C@H]1O[C@@H]2SC(N3CCC3)=N[C@@H]2[C@@H](OCc2ccc(OC)cc2)[C@@H]1OCc1ccc(OC)cc1. The lowest BCUT2D eigenvalue weighted by Gasteiger charge is -2.42. The maximum atomic E-state index is 12.8. The summed E-state index contributed by atoms with van der Waals surface area (Å²) >= 11 is 1.62. The van der Waals surface area contributed by atoms with Gasteiger partial charge in [-0.05, 0) is 55.7 Å². The summed E-state index contributed by atoms with van der Waals surface area (Å²) in [5, 5.41) is 0.976. The van der Waals surface area contributed by atoms with E-state index in [1.807, 2.05) is 62.4 Å². The number of benzene rings is 2. The minimum atomic E-state index is -0.539. The number of fused-ring (bicyclic) bond motifs is 1. The Hall–Kier alpha value is -2.99. The molecule has 10 nitrogen and oxygen atoms in total. The number of nitrogens with zero attached hydrogens (tertiary/aromatic N) is 3. The van der Waals surface area contributed by atoms with E-state index in [4.69, 9.17) is 33.4 Å². The molecule has 3 aliphatic heterocycles. The molecule has 0 radical (unpaired) electrons. The number of thioether (sulfide) groups is 1. The van der Waals surface area contributed by atoms with E-state index in [-0.39, 0.29) is 24.2 Å². The molecule has 228 valence electrons. The number of likely N-dealkylation sites (tertiary alicyclic amines) is 1. The van der Waals surface area contributed by atoms with Crippen molar-refractivity contribution in [3.8, 4) is 11.5 Å². The number of carbonyl (C=O) groups is 1. The highest BCUT2D eigenvalue weighted by atomic mass is 32.2. The second-order valence-corrected chi connectivity index (χ2v) is 11.5. The quantitative estimate of drug-likeness (QED) is 0.348. The molecule has 3 heterocycles. The fourth-order valence-corrected chi connectivity index (χ4v) is 6.41. The molecule has 1 amide bonds. The van der Waals surface area contributed by atoms with Crippen molar-refractivity contribution in [1.82, 2.24) is 9.80 Å². The molecule has 0 aliphatic carbocycles. The van der Waals surface area contributed by atoms with E-state index in [0.717, 1.165) is 47.3 Å². The van der Waals surface area contributed by atoms with Crippen LogP contribution in [0.3, 0.4) is 0 Å². The molecule has 2 aromatic carbocycles. The van der Waals surface area contributed by atoms with Crippen molar-refractivity contribution in [1.29, 1.82) is 0 Å². The Morgan fingerprint density at radius 1 is 0.929 bits per heavy atom. The number of rotatable bonds is 12. The van der Waals surface area contributed by atoms with Crippen molar-refractivity contribution in [2.24, 2.45) is 4.99 Å². The number of methoxy groups -OCH3 is 2. The minimum Gasteiger partial charge on any atom is -0.497 e. The van der Waals surface area contributed by atoms with E-state index < -0.39 is 18.3 Å². The maximum Gasteiger partial charge on any atom is 0.409 e. The number of hydrogen-bond acceptors (Lipinski definition) is 10. The second kappa shape index (κ2) is 14.5. The monoisotopic (exact) mass is 599 g/mol. The molecule has 11 heteroatoms. The first kappa shape index (κ1) is 30.5. The number of amides is 1. The van der Waals surface area contributed by atoms with Crippen LogP contribution in [0, 0.1) is 0 Å². The first-order valence-electron chi connectivity index (χ1n) is 14.6. The Balaban J connectivity index is 1.39. The van der Waals surface area contributed by atoms with E-state index in [1.165, 1.54) is 0 Å². The lowest BCUT2D eigenvalue weighted by molar-refractivity contribution is -0.205. The highest BCUT2D eigenvalue weighted by molar-refractivity contribution is 8.14. The number of hydrogen-bond donors (Lipinski definition) is 0. The van der Waals surface area contributed by atoms with Gasteiger partial charge in [-0.15, -0.1) is 0 Å². The van der Waals surface area contributed by atoms with Crippen LogP contribution in [0.2, 0.25) is 0 Å². The average molecular weight is 600 g/mol. The van der Waals surface area contributed by atoms with E-state index >= 15 is 0 Å². The Labute approximate surface area is 252 Å². The number of ether oxygens (including phenoxy) is 6. The molecule has 2 aromatic rings. The van der Waals surface area contributed by atoms with Crippen LogP contribution in [0.4, 0.5) is 4.79 Å². The molecule has 0 saturated carbocycles. The largest absolute Gasteiger partial charge is 0.497 e. The van der Waals surface area contributed by atoms with E-state index in [2.05, 4.69) is 4.90 Å². The summed E-state index contributed by atoms with van der Waals surface area (Å²) in [6.07, 6.45) is -0.705. The van der Waals surface area contributed by atoms with Crippen LogP contribution in [0.1, 0.15) is 31.4 Å². The van der Waals surface area contributed by atoms with E-state index in [0.29, 0.717) is 26.3 Å². The van der Waals surface area contributed by atoms with Gasteiger partial charge in [-0.3, -0.25) is 4.99 Å². The van der Waals surface area contributed by atoms with Crippen LogP contribution in [-0.4, -0.2) is 97.9 Å². The van der Waals surface area contributed by atoms with Crippen LogP contribution in [0.25, 0.3) is 0 Å². The first-order valence-corrected chi connectivity index (χ1v) is 15.5. The summed E-state index contributed by atoms with van der Waals surface area (Å²) in [6, 6.07) is 15.3. The highest BCUT2D eigenvalue weighted by Gasteiger charge is 2.52. The number of aliphatic imine (C=N–C) groups is 1. The summed E-state index contributed by atoms with van der Waals surface area (Å²) in [7, 11) is 3.29. The van der Waals surface area contributed by atoms with Gasteiger partial charge in [0, 0.05) is 26.2 Å². The van der Waals surface area contributed by atoms with Gasteiger partial charge in [0.15, 0.2) is 5.17 Å². The van der Waals surface area contributed by atoms with Crippen molar-refractivity contribution in [2.45, 2.75) is 63.3 Å². The zero-order valence-electron chi connectivity index (χ0n) is 24.8. The topological polar surface area (TPSA) is 91.3 Å². The molecule has 0 bridgehead atoms. The normalized spacial score (nSPS) is 24.8. The molecule has 0 aromatic heterocycles. The second-order valence-electron chi connectivity index (χ2n) is 10.4. The molecule has 0 unspecified atom stereocenters. The van der Waals surface area contributed by atoms with Crippen LogP contribution in [0.15, 0.2) is 53.5 Å². The van der Waals surface area contributed by atoms with Crippen LogP contribution in [-0.2, 0) is 32.2 Å². The summed E-state index contributed by atoms with van der Waals surface area (Å²) in [4.78, 5) is 21.8. The Morgan fingerprint density at radius 2 is 1.50 bits per heavy atom. The minimum absolute atomic E-state index is 0.0494. The predicted molar refractivity (Wildman–Crippen MR) is 161 cm³/mol. The lowest BCUT2D eigenvalue weighted by Crippen LogP contribution is -2.58. The fourth-order valence-electron chi connectivity index (χ4n) is 5.13. The summed E-state index contributed by atoms with van der Waals surface area (Å²) in [5.74, 6) is 1.57. The van der Waals surface area contributed by atoms with E-state index in [1.54, 1.807) is 30.9 Å². The van der Waals surface area contributed by atoms with Gasteiger partial charge >= 0.3 is 6.09 Å². The molecular weight excluding hydrogens is 558 g/mol. The highest BCUT2D eigenvalue weighted by Crippen LogP contribution is 2.41. The molecular formula is C31H41N3O7S.